The molecule has 5 nitrogen and oxygen atoms in total. The van der Waals surface area contributed by atoms with Crippen LogP contribution in [0.2, 0.25) is 10.0 Å². The molecule has 0 aliphatic heterocycles. The lowest BCUT2D eigenvalue weighted by molar-refractivity contribution is 0.322. The minimum Gasteiger partial charge on any atom is -0.497 e. The van der Waals surface area contributed by atoms with Crippen LogP contribution in [0.3, 0.4) is 0 Å². The molecular formula is C15H15Cl2NO4S. The van der Waals surface area contributed by atoms with Gasteiger partial charge < -0.3 is 9.47 Å². The molecule has 1 N–H and O–H groups in total. The van der Waals surface area contributed by atoms with Crippen LogP contribution in [0.5, 0.6) is 11.5 Å². The first-order valence-electron chi connectivity index (χ1n) is 6.64. The first-order valence-corrected chi connectivity index (χ1v) is 8.88. The Kier molecular flexibility index (Phi) is 6.12. The molecule has 0 bridgehead atoms. The van der Waals surface area contributed by atoms with E-state index in [2.05, 4.69) is 4.72 Å². The third-order valence-corrected chi connectivity index (χ3v) is 5.08. The number of ether oxygens (including phenoxy) is 2. The van der Waals surface area contributed by atoms with Crippen LogP contribution >= 0.6 is 23.2 Å². The van der Waals surface area contributed by atoms with E-state index in [1.807, 2.05) is 0 Å². The van der Waals surface area contributed by atoms with Crippen LogP contribution < -0.4 is 14.2 Å². The van der Waals surface area contributed by atoms with Gasteiger partial charge >= 0.3 is 0 Å². The van der Waals surface area contributed by atoms with Crippen molar-refractivity contribution in [2.24, 2.45) is 0 Å². The summed E-state index contributed by atoms with van der Waals surface area (Å²) >= 11 is 11.7. The van der Waals surface area contributed by atoms with E-state index in [1.165, 1.54) is 18.2 Å². The quantitative estimate of drug-likeness (QED) is 0.753. The summed E-state index contributed by atoms with van der Waals surface area (Å²) < 4.78 is 37.3. The summed E-state index contributed by atoms with van der Waals surface area (Å²) in [5, 5.41) is 0.405. The Morgan fingerprint density at radius 2 is 1.70 bits per heavy atom. The monoisotopic (exact) mass is 375 g/mol. The van der Waals surface area contributed by atoms with Gasteiger partial charge in [0.2, 0.25) is 10.0 Å². The average molecular weight is 376 g/mol. The summed E-state index contributed by atoms with van der Waals surface area (Å²) in [6.45, 7) is 0.265. The highest BCUT2D eigenvalue weighted by atomic mass is 35.5. The fourth-order valence-electron chi connectivity index (χ4n) is 1.78. The maximum absolute atomic E-state index is 12.2. The van der Waals surface area contributed by atoms with E-state index in [4.69, 9.17) is 32.7 Å². The minimum absolute atomic E-state index is 0.0592. The standard InChI is InChI=1S/C15H15Cl2NO4S/c1-21-12-3-5-13(6-4-12)22-9-8-18-23(19,20)15-10-11(16)2-7-14(15)17/h2-7,10,18H,8-9H2,1H3. The normalized spacial score (nSPS) is 11.3. The van der Waals surface area contributed by atoms with E-state index < -0.39 is 10.0 Å². The van der Waals surface area contributed by atoms with Crippen LogP contribution in [0.15, 0.2) is 47.4 Å². The van der Waals surface area contributed by atoms with Crippen LogP contribution in [-0.4, -0.2) is 28.7 Å². The predicted octanol–water partition coefficient (Wildman–Crippen LogP) is 3.36. The molecule has 23 heavy (non-hydrogen) atoms. The highest BCUT2D eigenvalue weighted by Gasteiger charge is 2.17. The maximum Gasteiger partial charge on any atom is 0.242 e. The first-order chi connectivity index (χ1) is 10.9. The number of hydrogen-bond donors (Lipinski definition) is 1. The van der Waals surface area contributed by atoms with Gasteiger partial charge in [-0.25, -0.2) is 13.1 Å². The number of halogens is 2. The zero-order valence-corrected chi connectivity index (χ0v) is 14.6. The molecule has 0 radical (unpaired) electrons. The number of sulfonamides is 1. The lowest BCUT2D eigenvalue weighted by Crippen LogP contribution is -2.28. The molecule has 0 aliphatic rings. The highest BCUT2D eigenvalue weighted by Crippen LogP contribution is 2.24. The lowest BCUT2D eigenvalue weighted by atomic mass is 10.3. The lowest BCUT2D eigenvalue weighted by Gasteiger charge is -2.10. The Bertz CT molecular complexity index is 764. The summed E-state index contributed by atoms with van der Waals surface area (Å²) in [4.78, 5) is -0.0592. The van der Waals surface area contributed by atoms with E-state index in [0.29, 0.717) is 16.5 Å². The fourth-order valence-corrected chi connectivity index (χ4v) is 3.55. The zero-order valence-electron chi connectivity index (χ0n) is 12.3. The zero-order chi connectivity index (χ0) is 16.9. The molecule has 0 aliphatic carbocycles. The van der Waals surface area contributed by atoms with Crippen molar-refractivity contribution >= 4 is 33.2 Å². The van der Waals surface area contributed by atoms with Gasteiger partial charge in [-0.15, -0.1) is 0 Å². The van der Waals surface area contributed by atoms with Gasteiger partial charge in [-0.3, -0.25) is 0 Å². The Morgan fingerprint density at radius 3 is 2.35 bits per heavy atom. The molecule has 0 spiro atoms. The second-order valence-corrected chi connectivity index (χ2v) is 7.08. The predicted molar refractivity (Wildman–Crippen MR) is 90.1 cm³/mol. The van der Waals surface area contributed by atoms with Crippen LogP contribution in [0, 0.1) is 0 Å². The second kappa shape index (κ2) is 7.88. The van der Waals surface area contributed by atoms with Crippen LogP contribution in [0.4, 0.5) is 0 Å². The van der Waals surface area contributed by atoms with Gasteiger partial charge in [-0.1, -0.05) is 23.2 Å². The summed E-state index contributed by atoms with van der Waals surface area (Å²) in [5.41, 5.74) is 0. The molecule has 0 saturated carbocycles. The SMILES string of the molecule is COc1ccc(OCCNS(=O)(=O)c2cc(Cl)ccc2Cl)cc1. The first kappa shape index (κ1) is 17.9. The molecule has 2 aromatic carbocycles. The Labute approximate surface area is 145 Å². The number of nitrogens with one attached hydrogen (secondary N) is 1. The highest BCUT2D eigenvalue weighted by molar-refractivity contribution is 7.89. The smallest absolute Gasteiger partial charge is 0.242 e. The van der Waals surface area contributed by atoms with Crippen LogP contribution in [0.25, 0.3) is 0 Å². The largest absolute Gasteiger partial charge is 0.497 e. The molecule has 124 valence electrons. The Balaban J connectivity index is 1.90. The number of methoxy groups -OCH3 is 1. The maximum atomic E-state index is 12.2. The van der Waals surface area contributed by atoms with Gasteiger partial charge in [0.15, 0.2) is 0 Å². The molecule has 0 fully saturated rings. The van der Waals surface area contributed by atoms with Gasteiger partial charge in [-0.05, 0) is 42.5 Å². The fraction of sp³-hybridized carbons (Fsp3) is 0.200. The molecule has 2 rings (SSSR count). The molecule has 0 amide bonds. The van der Waals surface area contributed by atoms with Crippen molar-refractivity contribution in [1.82, 2.24) is 4.72 Å². The summed E-state index contributed by atoms with van der Waals surface area (Å²) in [7, 11) is -2.17. The van der Waals surface area contributed by atoms with E-state index in [0.717, 1.165) is 0 Å². The van der Waals surface area contributed by atoms with Crippen LogP contribution in [0.1, 0.15) is 0 Å². The minimum atomic E-state index is -3.74. The van der Waals surface area contributed by atoms with Crippen molar-refractivity contribution < 1.29 is 17.9 Å². The van der Waals surface area contributed by atoms with Crippen molar-refractivity contribution in [3.8, 4) is 11.5 Å². The molecule has 0 saturated heterocycles. The van der Waals surface area contributed by atoms with Crippen molar-refractivity contribution in [2.75, 3.05) is 20.3 Å². The molecule has 8 heteroatoms. The topological polar surface area (TPSA) is 64.6 Å². The molecule has 0 aromatic heterocycles. The van der Waals surface area contributed by atoms with Crippen LogP contribution in [-0.2, 0) is 10.0 Å². The third-order valence-electron chi connectivity index (χ3n) is 2.91. The van der Waals surface area contributed by atoms with E-state index >= 15 is 0 Å². The summed E-state index contributed by atoms with van der Waals surface area (Å²) in [5.74, 6) is 1.33. The van der Waals surface area contributed by atoms with Gasteiger partial charge in [0, 0.05) is 11.6 Å². The van der Waals surface area contributed by atoms with Crippen molar-refractivity contribution in [3.05, 3.63) is 52.5 Å². The second-order valence-electron chi connectivity index (χ2n) is 4.50. The van der Waals surface area contributed by atoms with Gasteiger partial charge in [0.25, 0.3) is 0 Å². The average Bonchev–Trinajstić information content (AvgIpc) is 2.54. The molecule has 0 heterocycles. The van der Waals surface area contributed by atoms with Gasteiger partial charge in [-0.2, -0.15) is 0 Å². The molecule has 2 aromatic rings. The van der Waals surface area contributed by atoms with E-state index in [-0.39, 0.29) is 23.1 Å². The van der Waals surface area contributed by atoms with Crippen molar-refractivity contribution in [1.29, 1.82) is 0 Å². The third kappa shape index (κ3) is 5.00. The molecule has 0 atom stereocenters. The molecular weight excluding hydrogens is 361 g/mol. The van der Waals surface area contributed by atoms with E-state index in [9.17, 15) is 8.42 Å². The molecule has 0 unspecified atom stereocenters. The summed E-state index contributed by atoms with van der Waals surface area (Å²) in [6.07, 6.45) is 0. The number of rotatable bonds is 7. The number of hydrogen-bond acceptors (Lipinski definition) is 4. The number of benzene rings is 2. The Morgan fingerprint density at radius 1 is 1.04 bits per heavy atom. The van der Waals surface area contributed by atoms with Gasteiger partial charge in [0.05, 0.1) is 12.1 Å². The van der Waals surface area contributed by atoms with E-state index in [1.54, 1.807) is 31.4 Å². The Hall–Kier alpha value is -1.47. The van der Waals surface area contributed by atoms with Crippen molar-refractivity contribution in [2.45, 2.75) is 4.90 Å². The van der Waals surface area contributed by atoms with Crippen molar-refractivity contribution in [3.63, 3.8) is 0 Å². The summed E-state index contributed by atoms with van der Waals surface area (Å²) in [6, 6.07) is 11.2. The van der Waals surface area contributed by atoms with Gasteiger partial charge in [0.1, 0.15) is 23.0 Å².